The van der Waals surface area contributed by atoms with E-state index < -0.39 is 107 Å². The van der Waals surface area contributed by atoms with Gasteiger partial charge in [0.1, 0.15) is 42.0 Å². The summed E-state index contributed by atoms with van der Waals surface area (Å²) in [6.07, 6.45) is 3.16. The number of carboxylic acids is 1. The maximum atomic E-state index is 14.0. The van der Waals surface area contributed by atoms with Crippen molar-refractivity contribution in [2.24, 2.45) is 11.7 Å². The molecule has 2 fully saturated rings. The Morgan fingerprint density at radius 2 is 1.41 bits per heavy atom. The number of nitrogens with zero attached hydrogens (tertiary/aromatic N) is 1. The van der Waals surface area contributed by atoms with Crippen LogP contribution in [-0.4, -0.2) is 127 Å². The SMILES string of the molecule is CC[C@H](C)[C@H](NC(=O)[C@H](Cc1ccc(O)cc1)NC(=O)CC1(S)CCCCC1)C(=O)N[C@H](C(=O)N[C@@H](CC(N)=O)C(=O)N[C@@H](CS)C(=O)N1CCC[C@H]1C(=O)O)[C@@H](C)O. The lowest BCUT2D eigenvalue weighted by Gasteiger charge is -2.33. The summed E-state index contributed by atoms with van der Waals surface area (Å²) < 4.78 is -0.528. The van der Waals surface area contributed by atoms with Crippen molar-refractivity contribution in [1.82, 2.24) is 31.5 Å². The van der Waals surface area contributed by atoms with Gasteiger partial charge in [0.15, 0.2) is 0 Å². The molecule has 0 aromatic heterocycles. The number of benzene rings is 1. The first-order valence-corrected chi connectivity index (χ1v) is 21.0. The van der Waals surface area contributed by atoms with E-state index in [-0.39, 0.29) is 37.3 Å². The molecule has 328 valence electrons. The van der Waals surface area contributed by atoms with Crippen LogP contribution in [0.5, 0.6) is 5.75 Å². The van der Waals surface area contributed by atoms with Crippen molar-refractivity contribution < 1.29 is 53.7 Å². The van der Waals surface area contributed by atoms with E-state index in [4.69, 9.17) is 18.4 Å². The van der Waals surface area contributed by atoms with Gasteiger partial charge in [0, 0.05) is 29.9 Å². The Bertz CT molecular complexity index is 1680. The van der Waals surface area contributed by atoms with Gasteiger partial charge in [-0.25, -0.2) is 4.79 Å². The molecule has 0 bridgehead atoms. The van der Waals surface area contributed by atoms with Gasteiger partial charge < -0.3 is 52.5 Å². The lowest BCUT2D eigenvalue weighted by molar-refractivity contribution is -0.149. The van der Waals surface area contributed by atoms with Crippen molar-refractivity contribution >= 4 is 72.6 Å². The summed E-state index contributed by atoms with van der Waals surface area (Å²) >= 11 is 8.92. The zero-order valence-electron chi connectivity index (χ0n) is 33.6. The lowest BCUT2D eigenvalue weighted by atomic mass is 9.85. The summed E-state index contributed by atoms with van der Waals surface area (Å²) in [6.45, 7) is 4.77. The maximum absolute atomic E-state index is 14.0. The number of phenolic OH excluding ortho intramolecular Hbond substituents is 1. The Morgan fingerprint density at radius 3 is 1.97 bits per heavy atom. The molecule has 18 nitrogen and oxygen atoms in total. The van der Waals surface area contributed by atoms with E-state index in [1.165, 1.54) is 19.1 Å². The third-order valence-corrected chi connectivity index (χ3v) is 11.8. The largest absolute Gasteiger partial charge is 0.508 e. The van der Waals surface area contributed by atoms with E-state index in [0.717, 1.165) is 37.0 Å². The number of aromatic hydroxyl groups is 1. The highest BCUT2D eigenvalue weighted by molar-refractivity contribution is 7.81. The van der Waals surface area contributed by atoms with Crippen LogP contribution in [0.4, 0.5) is 0 Å². The van der Waals surface area contributed by atoms with Crippen molar-refractivity contribution in [2.75, 3.05) is 12.3 Å². The fourth-order valence-electron chi connectivity index (χ4n) is 7.23. The highest BCUT2D eigenvalue weighted by Crippen LogP contribution is 2.36. The van der Waals surface area contributed by atoms with Gasteiger partial charge in [-0.05, 0) is 56.2 Å². The second-order valence-electron chi connectivity index (χ2n) is 15.6. The quantitative estimate of drug-likeness (QED) is 0.0713. The number of likely N-dealkylation sites (tertiary alicyclic amines) is 1. The third-order valence-electron chi connectivity index (χ3n) is 10.8. The predicted molar refractivity (Wildman–Crippen MR) is 222 cm³/mol. The number of carboxylic acid groups (broad SMARTS) is 1. The molecule has 20 heteroatoms. The molecule has 2 aliphatic rings. The minimum absolute atomic E-state index is 0.00466. The van der Waals surface area contributed by atoms with Crippen molar-refractivity contribution in [2.45, 2.75) is 139 Å². The summed E-state index contributed by atoms with van der Waals surface area (Å²) in [6, 6.07) is -2.24. The molecule has 1 aliphatic heterocycles. The van der Waals surface area contributed by atoms with Crippen molar-refractivity contribution in [3.05, 3.63) is 29.8 Å². The predicted octanol–water partition coefficient (Wildman–Crippen LogP) is -0.311. The summed E-state index contributed by atoms with van der Waals surface area (Å²) in [5.41, 5.74) is 5.98. The van der Waals surface area contributed by atoms with Gasteiger partial charge in [-0.1, -0.05) is 51.7 Å². The van der Waals surface area contributed by atoms with Gasteiger partial charge in [0.2, 0.25) is 41.4 Å². The second kappa shape index (κ2) is 22.7. The second-order valence-corrected chi connectivity index (χ2v) is 16.9. The number of carbonyl (C=O) groups is 8. The topological polar surface area (TPSA) is 287 Å². The summed E-state index contributed by atoms with van der Waals surface area (Å²) in [7, 11) is 0. The number of hydrogen-bond donors (Lipinski definition) is 11. The molecule has 0 spiro atoms. The van der Waals surface area contributed by atoms with Gasteiger partial charge in [-0.3, -0.25) is 33.6 Å². The maximum Gasteiger partial charge on any atom is 0.326 e. The minimum atomic E-state index is -1.73. The first kappa shape index (κ1) is 48.8. The van der Waals surface area contributed by atoms with Crippen LogP contribution in [0, 0.1) is 5.92 Å². The molecule has 10 N–H and O–H groups in total. The lowest BCUT2D eigenvalue weighted by Crippen LogP contribution is -2.62. The Balaban J connectivity index is 1.79. The number of nitrogens with two attached hydrogens (primary N) is 1. The molecule has 8 atom stereocenters. The first-order valence-electron chi connectivity index (χ1n) is 19.9. The molecule has 1 saturated carbocycles. The molecule has 0 unspecified atom stereocenters. The number of rotatable bonds is 21. The van der Waals surface area contributed by atoms with E-state index in [0.29, 0.717) is 18.4 Å². The van der Waals surface area contributed by atoms with Crippen LogP contribution in [0.2, 0.25) is 0 Å². The van der Waals surface area contributed by atoms with Crippen molar-refractivity contribution in [3.8, 4) is 5.75 Å². The normalized spacial score (nSPS) is 19.7. The van der Waals surface area contributed by atoms with Crippen LogP contribution in [0.3, 0.4) is 0 Å². The average Bonchev–Trinajstić information content (AvgIpc) is 3.68. The smallest absolute Gasteiger partial charge is 0.326 e. The molecule has 3 rings (SSSR count). The van der Waals surface area contributed by atoms with Gasteiger partial charge in [-0.2, -0.15) is 25.3 Å². The number of aliphatic carboxylic acids is 1. The molecule has 1 aliphatic carbocycles. The Morgan fingerprint density at radius 1 is 0.831 bits per heavy atom. The molecule has 1 aromatic carbocycles. The molecule has 0 radical (unpaired) electrons. The highest BCUT2D eigenvalue weighted by Gasteiger charge is 2.40. The third kappa shape index (κ3) is 14.6. The number of nitrogens with one attached hydrogen (secondary N) is 5. The van der Waals surface area contributed by atoms with Crippen molar-refractivity contribution in [1.29, 1.82) is 0 Å². The number of hydrogen-bond acceptors (Lipinski definition) is 12. The number of carbonyl (C=O) groups excluding carboxylic acids is 7. The van der Waals surface area contributed by atoms with Gasteiger partial charge in [0.25, 0.3) is 0 Å². The van der Waals surface area contributed by atoms with Crippen LogP contribution >= 0.6 is 25.3 Å². The van der Waals surface area contributed by atoms with Crippen LogP contribution in [0.1, 0.15) is 90.5 Å². The fourth-order valence-corrected chi connectivity index (χ4v) is 7.94. The number of primary amides is 1. The van der Waals surface area contributed by atoms with Crippen molar-refractivity contribution in [3.63, 3.8) is 0 Å². The summed E-state index contributed by atoms with van der Waals surface area (Å²) in [5.74, 6) is -7.88. The molecule has 1 saturated heterocycles. The van der Waals surface area contributed by atoms with Gasteiger partial charge in [0.05, 0.1) is 12.5 Å². The van der Waals surface area contributed by atoms with Gasteiger partial charge in [-0.15, -0.1) is 0 Å². The van der Waals surface area contributed by atoms with E-state index in [1.807, 2.05) is 0 Å². The van der Waals surface area contributed by atoms with Crippen LogP contribution in [-0.2, 0) is 44.8 Å². The monoisotopic (exact) mass is 865 g/mol. The van der Waals surface area contributed by atoms with Crippen LogP contribution in [0.25, 0.3) is 0 Å². The van der Waals surface area contributed by atoms with Gasteiger partial charge >= 0.3 is 5.97 Å². The number of aliphatic hydroxyl groups excluding tert-OH is 1. The highest BCUT2D eigenvalue weighted by atomic mass is 32.1. The number of aliphatic hydroxyl groups is 1. The van der Waals surface area contributed by atoms with Crippen LogP contribution in [0.15, 0.2) is 24.3 Å². The number of phenols is 1. The molecule has 1 heterocycles. The number of amides is 7. The summed E-state index contributed by atoms with van der Waals surface area (Å²) in [5, 5.41) is 42.6. The van der Waals surface area contributed by atoms with E-state index in [2.05, 4.69) is 39.2 Å². The van der Waals surface area contributed by atoms with E-state index in [1.54, 1.807) is 26.0 Å². The Kier molecular flexibility index (Phi) is 18.8. The standard InChI is InChI=1S/C39H59N7O11S2/c1-4-21(2)31(44-34(52)25(17-23-10-12-24(48)13-11-23)41-30(50)19-39(59)14-6-5-7-15-39)35(53)45-32(22(3)47)36(54)42-26(18-29(40)49)33(51)43-27(20-58)37(55)46-16-8-9-28(46)38(56)57/h10-13,21-22,25-28,31-32,47-48,58-59H,4-9,14-20H2,1-3H3,(H2,40,49)(H,41,50)(H,42,54)(H,43,51)(H,44,52)(H,45,53)(H,56,57)/t21-,22+,25-,26-,27-,28-,31-,32-/m0/s1. The first-order chi connectivity index (χ1) is 27.8. The minimum Gasteiger partial charge on any atom is -0.508 e. The number of thiol groups is 2. The van der Waals surface area contributed by atoms with E-state index >= 15 is 0 Å². The Hall–Kier alpha value is -4.56. The van der Waals surface area contributed by atoms with Crippen LogP contribution < -0.4 is 32.3 Å². The average molecular weight is 866 g/mol. The molecular formula is C39H59N7O11S2. The molecular weight excluding hydrogens is 807 g/mol. The zero-order chi connectivity index (χ0) is 44.0. The Labute approximate surface area is 354 Å². The summed E-state index contributed by atoms with van der Waals surface area (Å²) in [4.78, 5) is 106. The molecule has 1 aromatic rings. The molecule has 7 amide bonds. The van der Waals surface area contributed by atoms with E-state index in [9.17, 15) is 53.7 Å². The zero-order valence-corrected chi connectivity index (χ0v) is 35.4. The molecule has 59 heavy (non-hydrogen) atoms. The fraction of sp³-hybridized carbons (Fsp3) is 0.641.